The van der Waals surface area contributed by atoms with Gasteiger partial charge in [-0.1, -0.05) is 44.6 Å². The van der Waals surface area contributed by atoms with Gasteiger partial charge in [-0.25, -0.2) is 0 Å². The van der Waals surface area contributed by atoms with E-state index in [2.05, 4.69) is 0 Å². The van der Waals surface area contributed by atoms with Gasteiger partial charge in [0.05, 0.1) is 32.6 Å². The second-order valence-electron chi connectivity index (χ2n) is 6.55. The molecule has 6 nitrogen and oxygen atoms in total. The average molecular weight is 440 g/mol. The van der Waals surface area contributed by atoms with Crippen LogP contribution >= 0.6 is 15.2 Å². The molecule has 0 spiro atoms. The van der Waals surface area contributed by atoms with E-state index in [-0.39, 0.29) is 0 Å². The molecule has 0 aliphatic rings. The van der Waals surface area contributed by atoms with Crippen LogP contribution in [0.25, 0.3) is 0 Å². The monoisotopic (exact) mass is 440 g/mol. The third kappa shape index (κ3) is 15.0. The van der Waals surface area contributed by atoms with Gasteiger partial charge >= 0.3 is 15.2 Å². The molecule has 0 saturated heterocycles. The van der Waals surface area contributed by atoms with Gasteiger partial charge in [0.15, 0.2) is 0 Å². The van der Waals surface area contributed by atoms with Crippen molar-refractivity contribution >= 4 is 15.2 Å². The molecule has 8 heteroatoms. The fraction of sp³-hybridized carbons (Fsp3) is 0.900. The molecule has 0 N–H and O–H groups in total. The van der Waals surface area contributed by atoms with Crippen LogP contribution in [0.3, 0.4) is 0 Å². The molecule has 0 radical (unpaired) electrons. The van der Waals surface area contributed by atoms with E-state index in [9.17, 15) is 9.13 Å². The second kappa shape index (κ2) is 17.9. The highest BCUT2D eigenvalue weighted by Crippen LogP contribution is 2.50. The highest BCUT2D eigenvalue weighted by Gasteiger charge is 2.22. The second-order valence-corrected chi connectivity index (χ2v) is 10.6. The Bertz CT molecular complexity index is 461. The lowest BCUT2D eigenvalue weighted by molar-refractivity contribution is 0.219. The molecule has 0 bridgehead atoms. The first-order valence-electron chi connectivity index (χ1n) is 10.9. The van der Waals surface area contributed by atoms with E-state index < -0.39 is 15.2 Å². The summed E-state index contributed by atoms with van der Waals surface area (Å²) in [4.78, 5) is 0. The van der Waals surface area contributed by atoms with Crippen LogP contribution in [0.15, 0.2) is 11.9 Å². The van der Waals surface area contributed by atoms with Crippen molar-refractivity contribution in [2.24, 2.45) is 0 Å². The lowest BCUT2D eigenvalue weighted by atomic mass is 10.1. The first-order chi connectivity index (χ1) is 13.4. The Hall–Kier alpha value is 0.0400. The predicted octanol–water partition coefficient (Wildman–Crippen LogP) is 7.54. The third-order valence-electron chi connectivity index (χ3n) is 4.11. The first-order valence-corrected chi connectivity index (χ1v) is 14.2. The molecule has 0 unspecified atom stereocenters. The Morgan fingerprint density at radius 2 is 1.04 bits per heavy atom. The van der Waals surface area contributed by atoms with Gasteiger partial charge in [0.1, 0.15) is 0 Å². The van der Waals surface area contributed by atoms with Crippen molar-refractivity contribution in [1.29, 1.82) is 0 Å². The first kappa shape index (κ1) is 28.0. The molecule has 0 aromatic rings. The van der Waals surface area contributed by atoms with Crippen LogP contribution in [0.2, 0.25) is 0 Å². The number of hydrogen-bond donors (Lipinski definition) is 0. The lowest BCUT2D eigenvalue weighted by Crippen LogP contribution is -2.00. The summed E-state index contributed by atoms with van der Waals surface area (Å²) in [5.41, 5.74) is 0. The van der Waals surface area contributed by atoms with Crippen LogP contribution in [-0.4, -0.2) is 32.6 Å². The van der Waals surface area contributed by atoms with Crippen LogP contribution in [0, 0.1) is 0 Å². The van der Waals surface area contributed by atoms with E-state index in [1.54, 1.807) is 5.82 Å². The Balaban J connectivity index is 3.68. The molecular formula is C20H42O6P2. The van der Waals surface area contributed by atoms with Gasteiger partial charge in [0, 0.05) is 5.82 Å². The summed E-state index contributed by atoms with van der Waals surface area (Å²) in [6.45, 7) is 8.96. The van der Waals surface area contributed by atoms with Gasteiger partial charge in [-0.3, -0.25) is 9.13 Å². The summed E-state index contributed by atoms with van der Waals surface area (Å²) in [6, 6.07) is 0. The topological polar surface area (TPSA) is 71.1 Å². The Morgan fingerprint density at radius 3 is 1.50 bits per heavy atom. The molecule has 0 aromatic heterocycles. The predicted molar refractivity (Wildman–Crippen MR) is 117 cm³/mol. The maximum Gasteiger partial charge on any atom is 0.353 e. The summed E-state index contributed by atoms with van der Waals surface area (Å²) in [7, 11) is -5.90. The third-order valence-corrected chi connectivity index (χ3v) is 8.09. The zero-order valence-electron chi connectivity index (χ0n) is 18.4. The van der Waals surface area contributed by atoms with Gasteiger partial charge in [-0.15, -0.1) is 0 Å². The standard InChI is InChI=1S/C20H42O6P2/c1-5-23-27(21,24-6-2)19-17-15-13-11-9-10-12-14-16-18-20-28(22,25-7-3)26-8-4/h17,19H,5-16,18,20H2,1-4H3. The molecule has 28 heavy (non-hydrogen) atoms. The average Bonchev–Trinajstić information content (AvgIpc) is 2.63. The molecular weight excluding hydrogens is 398 g/mol. The smallest absolute Gasteiger partial charge is 0.309 e. The fourth-order valence-electron chi connectivity index (χ4n) is 2.87. The molecule has 0 aliphatic carbocycles. The van der Waals surface area contributed by atoms with E-state index in [1.807, 2.05) is 33.8 Å². The molecule has 0 rings (SSSR count). The molecule has 0 aliphatic heterocycles. The lowest BCUT2D eigenvalue weighted by Gasteiger charge is -2.16. The van der Waals surface area contributed by atoms with Crippen molar-refractivity contribution < 1.29 is 27.2 Å². The fourth-order valence-corrected chi connectivity index (χ4v) is 5.98. The van der Waals surface area contributed by atoms with Crippen molar-refractivity contribution in [1.82, 2.24) is 0 Å². The van der Waals surface area contributed by atoms with Crippen LogP contribution in [-0.2, 0) is 27.2 Å². The zero-order chi connectivity index (χ0) is 21.1. The maximum atomic E-state index is 12.3. The Morgan fingerprint density at radius 1 is 0.607 bits per heavy atom. The van der Waals surface area contributed by atoms with Gasteiger partial charge in [-0.2, -0.15) is 0 Å². The molecule has 0 saturated carbocycles. The normalized spacial score (nSPS) is 12.9. The van der Waals surface area contributed by atoms with Crippen molar-refractivity contribution in [2.45, 2.75) is 85.5 Å². The van der Waals surface area contributed by atoms with Crippen LogP contribution in [0.5, 0.6) is 0 Å². The minimum atomic E-state index is -3.04. The molecule has 0 fully saturated rings. The maximum absolute atomic E-state index is 12.3. The van der Waals surface area contributed by atoms with Crippen molar-refractivity contribution in [2.75, 3.05) is 32.6 Å². The van der Waals surface area contributed by atoms with E-state index in [4.69, 9.17) is 18.1 Å². The highest BCUT2D eigenvalue weighted by atomic mass is 31.2. The molecule has 0 aromatic carbocycles. The van der Waals surface area contributed by atoms with E-state index in [0.717, 1.165) is 32.1 Å². The van der Waals surface area contributed by atoms with Crippen LogP contribution < -0.4 is 0 Å². The van der Waals surface area contributed by atoms with Crippen molar-refractivity contribution in [3.63, 3.8) is 0 Å². The van der Waals surface area contributed by atoms with Crippen LogP contribution in [0.1, 0.15) is 85.5 Å². The number of hydrogen-bond acceptors (Lipinski definition) is 6. The van der Waals surface area contributed by atoms with Gasteiger partial charge < -0.3 is 18.1 Å². The summed E-state index contributed by atoms with van der Waals surface area (Å²) >= 11 is 0. The number of allylic oxidation sites excluding steroid dienone is 1. The van der Waals surface area contributed by atoms with E-state index >= 15 is 0 Å². The van der Waals surface area contributed by atoms with Crippen molar-refractivity contribution in [3.8, 4) is 0 Å². The SMILES string of the molecule is CCOP(=O)(C=CCCCCCCCCCCP(=O)(OCC)OCC)OCC. The molecule has 0 atom stereocenters. The van der Waals surface area contributed by atoms with Crippen LogP contribution in [0.4, 0.5) is 0 Å². The highest BCUT2D eigenvalue weighted by molar-refractivity contribution is 7.57. The molecule has 168 valence electrons. The minimum absolute atomic E-state index is 0.385. The molecule has 0 heterocycles. The van der Waals surface area contributed by atoms with Crippen molar-refractivity contribution in [3.05, 3.63) is 11.9 Å². The largest absolute Gasteiger partial charge is 0.353 e. The van der Waals surface area contributed by atoms with E-state index in [1.165, 1.54) is 25.7 Å². The quantitative estimate of drug-likeness (QED) is 0.144. The zero-order valence-corrected chi connectivity index (χ0v) is 20.2. The minimum Gasteiger partial charge on any atom is -0.309 e. The summed E-state index contributed by atoms with van der Waals surface area (Å²) in [5, 5.41) is 0. The van der Waals surface area contributed by atoms with Gasteiger partial charge in [0.2, 0.25) is 0 Å². The number of unbranched alkanes of at least 4 members (excludes halogenated alkanes) is 8. The van der Waals surface area contributed by atoms with E-state index in [0.29, 0.717) is 32.6 Å². The van der Waals surface area contributed by atoms with Gasteiger partial charge in [-0.05, 0) is 47.0 Å². The summed E-state index contributed by atoms with van der Waals surface area (Å²) in [6.07, 6.45) is 12.3. The molecule has 0 amide bonds. The van der Waals surface area contributed by atoms with Gasteiger partial charge in [0.25, 0.3) is 0 Å². The Labute approximate surface area is 172 Å². The summed E-state index contributed by atoms with van der Waals surface area (Å²) < 4.78 is 45.6. The number of rotatable bonds is 20. The summed E-state index contributed by atoms with van der Waals surface area (Å²) in [5.74, 6) is 1.60. The Kier molecular flexibility index (Phi) is 17.9.